The number of carbonyl (C=O) groups is 4. The van der Waals surface area contributed by atoms with E-state index in [2.05, 4.69) is 49.5 Å². The molecule has 0 radical (unpaired) electrons. The lowest BCUT2D eigenvalue weighted by Crippen LogP contribution is -2.25. The molecular weight excluding hydrogens is 1350 g/mol. The van der Waals surface area contributed by atoms with Gasteiger partial charge in [-0.25, -0.2) is 9.69 Å². The van der Waals surface area contributed by atoms with Gasteiger partial charge >= 0.3 is 0 Å². The van der Waals surface area contributed by atoms with Gasteiger partial charge in [0.25, 0.3) is 11.4 Å². The van der Waals surface area contributed by atoms with Gasteiger partial charge in [-0.15, -0.1) is 0 Å². The van der Waals surface area contributed by atoms with Crippen LogP contribution in [0.15, 0.2) is 243 Å². The summed E-state index contributed by atoms with van der Waals surface area (Å²) in [5.41, 5.74) is 4.50. The van der Waals surface area contributed by atoms with Gasteiger partial charge in [-0.05, 0) is 222 Å². The molecule has 2 aliphatic rings. The average molecular weight is 1410 g/mol. The van der Waals surface area contributed by atoms with Crippen LogP contribution in [0.1, 0.15) is 114 Å². The van der Waals surface area contributed by atoms with Crippen LogP contribution in [-0.4, -0.2) is 25.1 Å². The average Bonchev–Trinajstić information content (AvgIpc) is 1.52. The lowest BCUT2D eigenvalue weighted by atomic mass is 9.72. The summed E-state index contributed by atoms with van der Waals surface area (Å²) in [6.07, 6.45) is 3.16. The third-order valence-electron chi connectivity index (χ3n) is 20.2. The molecule has 0 saturated carbocycles. The van der Waals surface area contributed by atoms with Crippen LogP contribution in [0.25, 0.3) is 52.8 Å². The van der Waals surface area contributed by atoms with E-state index in [1.54, 1.807) is 146 Å². The smallest absolute Gasteiger partial charge is 0.270 e. The fourth-order valence-corrected chi connectivity index (χ4v) is 15.0. The van der Waals surface area contributed by atoms with Gasteiger partial charge in [0.2, 0.25) is 0 Å². The first-order valence-electron chi connectivity index (χ1n) is 34.4. The number of hydrogen-bond acceptors (Lipinski definition) is 14. The minimum atomic E-state index is -0.739. The quantitative estimate of drug-likeness (QED) is 0.0516. The van der Waals surface area contributed by atoms with Crippen molar-refractivity contribution < 1.29 is 57.1 Å². The molecule has 2 atom stereocenters. The number of ether oxygens (including phenoxy) is 8. The summed E-state index contributed by atoms with van der Waals surface area (Å²) >= 11 is 0. The van der Waals surface area contributed by atoms with E-state index in [1.807, 2.05) is 97.1 Å². The van der Waals surface area contributed by atoms with Crippen LogP contribution in [0, 0.1) is 35.8 Å². The highest BCUT2D eigenvalue weighted by Gasteiger charge is 2.59. The third kappa shape index (κ3) is 12.3. The van der Waals surface area contributed by atoms with Crippen molar-refractivity contribution in [3.63, 3.8) is 0 Å². The monoisotopic (exact) mass is 1410 g/mol. The lowest BCUT2D eigenvalue weighted by Gasteiger charge is -2.31. The van der Waals surface area contributed by atoms with Crippen molar-refractivity contribution in [1.29, 1.82) is 10.5 Å². The topological polar surface area (TPSA) is 198 Å². The Kier molecular flexibility index (Phi) is 17.2. The van der Waals surface area contributed by atoms with Gasteiger partial charge in [-0.2, -0.15) is 10.5 Å². The van der Waals surface area contributed by atoms with Crippen molar-refractivity contribution >= 4 is 79.6 Å². The second-order valence-electron chi connectivity index (χ2n) is 27.4. The Bertz CT molecular complexity index is 5970. The molecule has 16 heteroatoms. The Morgan fingerprint density at radius 1 is 0.306 bits per heavy atom. The SMILES string of the molecule is [C-]#[N+]c1c(Oc2ccc3cc(C=O)ccc3c2)cccc1Oc1cc2c(cc1Oc1cccc(Oc3ccc4cc(C=O)ccc4c3)c1[N+]#[C-])C(C)(C)C1c3cc(Oc4cccc(Oc5ccc6cc(C=O)ccc6c5)c4C#N)c(Oc4cccc(Oc5ccc6cc(C=O)ccc6c5)c4C#N)cc3C(C)(C)C21. The maximum Gasteiger partial charge on any atom is 0.270 e. The van der Waals surface area contributed by atoms with E-state index in [1.165, 1.54) is 0 Å². The van der Waals surface area contributed by atoms with Gasteiger partial charge in [0.15, 0.2) is 23.0 Å². The molecule has 0 aliphatic heterocycles. The first kappa shape index (κ1) is 67.6. The van der Waals surface area contributed by atoms with E-state index in [9.17, 15) is 29.7 Å². The molecule has 0 aromatic heterocycles. The largest absolute Gasteiger partial charge is 0.468 e. The highest BCUT2D eigenvalue weighted by molar-refractivity contribution is 5.93. The van der Waals surface area contributed by atoms with Crippen LogP contribution in [0.5, 0.6) is 92.0 Å². The number of nitriles is 2. The van der Waals surface area contributed by atoms with E-state index in [-0.39, 0.29) is 103 Å². The van der Waals surface area contributed by atoms with Crippen LogP contribution in [0.4, 0.5) is 11.4 Å². The van der Waals surface area contributed by atoms with Crippen LogP contribution >= 0.6 is 0 Å². The maximum absolute atomic E-state index is 11.6. The highest BCUT2D eigenvalue weighted by atomic mass is 16.5. The number of rotatable bonds is 20. The summed E-state index contributed by atoms with van der Waals surface area (Å²) in [4.78, 5) is 54.5. The van der Waals surface area contributed by atoms with Gasteiger partial charge in [-0.1, -0.05) is 125 Å². The lowest BCUT2D eigenvalue weighted by molar-refractivity contribution is 0.111. The van der Waals surface area contributed by atoms with Crippen LogP contribution in [0.3, 0.4) is 0 Å². The Morgan fingerprint density at radius 3 is 0.833 bits per heavy atom. The molecule has 14 aromatic rings. The van der Waals surface area contributed by atoms with Crippen LogP contribution < -0.4 is 37.9 Å². The van der Waals surface area contributed by atoms with E-state index in [0.717, 1.165) is 90.5 Å². The molecule has 0 fully saturated rings. The Labute approximate surface area is 619 Å². The summed E-state index contributed by atoms with van der Waals surface area (Å²) in [6.45, 7) is 25.9. The van der Waals surface area contributed by atoms with Crippen molar-refractivity contribution in [1.82, 2.24) is 0 Å². The van der Waals surface area contributed by atoms with Crippen LogP contribution in [0.2, 0.25) is 0 Å². The van der Waals surface area contributed by atoms with Crippen molar-refractivity contribution in [2.24, 2.45) is 0 Å². The summed E-state index contributed by atoms with van der Waals surface area (Å²) in [5.74, 6) is 3.35. The number of carbonyl (C=O) groups excluding carboxylic acids is 4. The van der Waals surface area contributed by atoms with Crippen molar-refractivity contribution in [3.05, 3.63) is 321 Å². The molecule has 14 aromatic carbocycles. The van der Waals surface area contributed by atoms with Crippen molar-refractivity contribution in [2.75, 3.05) is 0 Å². The molecule has 16 rings (SSSR count). The molecule has 0 spiro atoms. The number of benzene rings is 14. The number of nitrogens with zero attached hydrogens (tertiary/aromatic N) is 4. The van der Waals surface area contributed by atoms with E-state index < -0.39 is 10.8 Å². The zero-order chi connectivity index (χ0) is 74.5. The van der Waals surface area contributed by atoms with Gasteiger partial charge in [0.05, 0.1) is 13.1 Å². The molecule has 0 N–H and O–H groups in total. The van der Waals surface area contributed by atoms with Gasteiger partial charge in [-0.3, -0.25) is 19.2 Å². The fourth-order valence-electron chi connectivity index (χ4n) is 15.0. The summed E-state index contributed by atoms with van der Waals surface area (Å²) in [7, 11) is 0. The number of para-hydroxylation sites is 2. The van der Waals surface area contributed by atoms with Gasteiger partial charge in [0, 0.05) is 34.1 Å². The molecule has 108 heavy (non-hydrogen) atoms. The van der Waals surface area contributed by atoms with E-state index in [0.29, 0.717) is 45.3 Å². The normalized spacial score (nSPS) is 14.0. The Balaban J connectivity index is 0.812. The molecule has 2 unspecified atom stereocenters. The number of fused-ring (bicyclic) bond motifs is 9. The first-order chi connectivity index (χ1) is 52.5. The minimum absolute atomic E-state index is 0.0584. The molecule has 0 amide bonds. The van der Waals surface area contributed by atoms with E-state index in [4.69, 9.17) is 51.0 Å². The van der Waals surface area contributed by atoms with Crippen molar-refractivity contribution in [2.45, 2.75) is 50.4 Å². The molecule has 2 aliphatic carbocycles. The second-order valence-corrected chi connectivity index (χ2v) is 27.4. The Morgan fingerprint density at radius 2 is 0.546 bits per heavy atom. The standard InChI is InChI=1S/C92H58N4O12/c1-91(2)73-45-85(106-78-14-8-12-76(72(78)48-94)102-66-32-28-58-36-54(50-98)20-24-62(58)40-66)83(105-77-13-7-11-75(71(77)47-93)101-65-31-27-57-35-53(49-97)19-23-61(57)39-65)43-69(73)87-88(91)70-44-84(107-81-17-9-15-79(89(81)95-5)103-67-33-29-59-37-55(51-99)21-25-63(59)41-67)86(46-74(70)92(87,3)4)108-82-18-10-16-80(90(82)96-6)104-68-34-30-60-38-56(52-100)22-26-64(60)42-68/h7-46,49-52,87-88H,1-4H3. The zero-order valence-electron chi connectivity index (χ0n) is 58.2. The number of hydrogen-bond donors (Lipinski definition) is 0. The molecule has 0 bridgehead atoms. The molecular formula is C92H58N4O12. The van der Waals surface area contributed by atoms with Gasteiger partial charge < -0.3 is 37.9 Å². The summed E-state index contributed by atoms with van der Waals surface area (Å²) in [5, 5.41) is 28.8. The predicted octanol–water partition coefficient (Wildman–Crippen LogP) is 24.2. The van der Waals surface area contributed by atoms with E-state index >= 15 is 0 Å². The molecule has 518 valence electrons. The van der Waals surface area contributed by atoms with Crippen molar-refractivity contribution in [3.8, 4) is 104 Å². The zero-order valence-corrected chi connectivity index (χ0v) is 58.2. The van der Waals surface area contributed by atoms with Gasteiger partial charge in [0.1, 0.15) is 117 Å². The minimum Gasteiger partial charge on any atom is -0.468 e. The molecule has 0 saturated heterocycles. The molecule has 0 heterocycles. The maximum atomic E-state index is 11.6. The first-order valence-corrected chi connectivity index (χ1v) is 34.4. The number of aldehydes is 4. The fraction of sp³-hybridized carbons (Fsp3) is 0.0870. The second kappa shape index (κ2) is 27.4. The highest BCUT2D eigenvalue weighted by Crippen LogP contribution is 2.69. The van der Waals surface area contributed by atoms with Crippen LogP contribution in [-0.2, 0) is 10.8 Å². The Hall–Kier alpha value is -14.8. The molecule has 16 nitrogen and oxygen atoms in total. The summed E-state index contributed by atoms with van der Waals surface area (Å²) < 4.78 is 54.1. The third-order valence-corrected chi connectivity index (χ3v) is 20.2. The predicted molar refractivity (Wildman–Crippen MR) is 410 cm³/mol. The summed E-state index contributed by atoms with van der Waals surface area (Å²) in [6, 6.07) is 75.8.